The van der Waals surface area contributed by atoms with E-state index in [-0.39, 0.29) is 11.3 Å². The first-order valence-corrected chi connectivity index (χ1v) is 10.4. The Labute approximate surface area is 177 Å². The minimum Gasteiger partial charge on any atom is -0.503 e. The Balaban J connectivity index is 1.81. The fourth-order valence-corrected chi connectivity index (χ4v) is 4.20. The monoisotopic (exact) mass is 424 g/mol. The van der Waals surface area contributed by atoms with Gasteiger partial charge in [-0.2, -0.15) is 0 Å². The Morgan fingerprint density at radius 1 is 1.23 bits per heavy atom. The molecule has 0 radical (unpaired) electrons. The number of carbonyl (C=O) groups is 2. The van der Waals surface area contributed by atoms with Crippen molar-refractivity contribution >= 4 is 33.8 Å². The first kappa shape index (κ1) is 19.8. The fraction of sp³-hybridized carbons (Fsp3) is 0.238. The lowest BCUT2D eigenvalue weighted by Gasteiger charge is -2.25. The van der Waals surface area contributed by atoms with Gasteiger partial charge in [-0.1, -0.05) is 23.5 Å². The van der Waals surface area contributed by atoms with Crippen molar-refractivity contribution in [2.75, 3.05) is 22.9 Å². The zero-order valence-corrected chi connectivity index (χ0v) is 17.3. The fourth-order valence-electron chi connectivity index (χ4n) is 3.62. The molecule has 0 saturated heterocycles. The Kier molecular flexibility index (Phi) is 5.37. The quantitative estimate of drug-likeness (QED) is 0.577. The van der Waals surface area contributed by atoms with Gasteiger partial charge in [0.2, 0.25) is 10.9 Å². The summed E-state index contributed by atoms with van der Waals surface area (Å²) in [5.74, 6) is -1.80. The second-order valence-corrected chi connectivity index (χ2v) is 7.44. The molecule has 8 nitrogen and oxygen atoms in total. The van der Waals surface area contributed by atoms with E-state index < -0.39 is 23.5 Å². The van der Waals surface area contributed by atoms with Crippen LogP contribution in [-0.2, 0) is 4.79 Å². The second-order valence-electron chi connectivity index (χ2n) is 6.63. The Hall–Kier alpha value is -3.46. The van der Waals surface area contributed by atoms with Gasteiger partial charge in [-0.15, -0.1) is 10.2 Å². The number of anilines is 2. The molecular weight excluding hydrogens is 404 g/mol. The molecule has 30 heavy (non-hydrogen) atoms. The van der Waals surface area contributed by atoms with Crippen LogP contribution in [0, 0.1) is 0 Å². The Bertz CT molecular complexity index is 1070. The van der Waals surface area contributed by atoms with Crippen LogP contribution in [0.4, 0.5) is 10.8 Å². The highest BCUT2D eigenvalue weighted by molar-refractivity contribution is 7.13. The summed E-state index contributed by atoms with van der Waals surface area (Å²) in [6.07, 6.45) is 1.37. The molecule has 1 unspecified atom stereocenters. The number of benzene rings is 1. The van der Waals surface area contributed by atoms with Gasteiger partial charge in [-0.25, -0.2) is 0 Å². The van der Waals surface area contributed by atoms with Crippen molar-refractivity contribution in [3.63, 3.8) is 0 Å². The van der Waals surface area contributed by atoms with Crippen LogP contribution in [0.15, 0.2) is 63.9 Å². The number of aliphatic hydroxyl groups is 1. The maximum absolute atomic E-state index is 13.1. The average molecular weight is 424 g/mol. The van der Waals surface area contributed by atoms with Gasteiger partial charge < -0.3 is 14.4 Å². The van der Waals surface area contributed by atoms with Crippen LogP contribution >= 0.6 is 11.3 Å². The predicted molar refractivity (Wildman–Crippen MR) is 113 cm³/mol. The van der Waals surface area contributed by atoms with Gasteiger partial charge in [0.1, 0.15) is 5.51 Å². The van der Waals surface area contributed by atoms with Crippen LogP contribution in [0.2, 0.25) is 0 Å². The molecule has 1 aliphatic heterocycles. The minimum atomic E-state index is -0.839. The summed E-state index contributed by atoms with van der Waals surface area (Å²) in [6, 6.07) is 9.83. The average Bonchev–Trinajstić information content (AvgIpc) is 3.51. The number of nitrogens with zero attached hydrogens (tertiary/aromatic N) is 4. The van der Waals surface area contributed by atoms with Gasteiger partial charge in [-0.05, 0) is 43.7 Å². The molecule has 3 heterocycles. The van der Waals surface area contributed by atoms with Crippen LogP contribution in [0.5, 0.6) is 0 Å². The van der Waals surface area contributed by atoms with Gasteiger partial charge in [0.15, 0.2) is 11.5 Å². The molecule has 1 amide bonds. The number of aliphatic hydroxyl groups excluding tert-OH is 1. The summed E-state index contributed by atoms with van der Waals surface area (Å²) in [6.45, 7) is 5.87. The van der Waals surface area contributed by atoms with Crippen LogP contribution in [-0.4, -0.2) is 40.1 Å². The highest BCUT2D eigenvalue weighted by Crippen LogP contribution is 2.42. The molecule has 1 aliphatic rings. The predicted octanol–water partition coefficient (Wildman–Crippen LogP) is 3.76. The molecule has 0 spiro atoms. The van der Waals surface area contributed by atoms with E-state index in [9.17, 15) is 14.7 Å². The van der Waals surface area contributed by atoms with E-state index in [1.54, 1.807) is 6.07 Å². The van der Waals surface area contributed by atoms with Crippen LogP contribution < -0.4 is 9.80 Å². The molecule has 1 atom stereocenters. The van der Waals surface area contributed by atoms with E-state index in [1.165, 1.54) is 22.7 Å². The number of aromatic nitrogens is 2. The van der Waals surface area contributed by atoms with Crippen molar-refractivity contribution < 1.29 is 19.1 Å². The molecule has 154 valence electrons. The summed E-state index contributed by atoms with van der Waals surface area (Å²) in [4.78, 5) is 29.5. The Morgan fingerprint density at radius 3 is 2.53 bits per heavy atom. The van der Waals surface area contributed by atoms with Gasteiger partial charge in [-0.3, -0.25) is 14.5 Å². The van der Waals surface area contributed by atoms with E-state index in [0.29, 0.717) is 10.7 Å². The summed E-state index contributed by atoms with van der Waals surface area (Å²) in [5.41, 5.74) is 3.16. The van der Waals surface area contributed by atoms with E-state index in [1.807, 2.05) is 24.3 Å². The van der Waals surface area contributed by atoms with Crippen molar-refractivity contribution in [1.82, 2.24) is 10.2 Å². The molecule has 0 bridgehead atoms. The van der Waals surface area contributed by atoms with Gasteiger partial charge in [0.05, 0.1) is 17.9 Å². The molecule has 3 aromatic rings. The number of rotatable bonds is 7. The lowest BCUT2D eigenvalue weighted by Crippen LogP contribution is -2.31. The largest absolute Gasteiger partial charge is 0.503 e. The summed E-state index contributed by atoms with van der Waals surface area (Å²) >= 11 is 1.15. The van der Waals surface area contributed by atoms with Crippen LogP contribution in [0.25, 0.3) is 0 Å². The second kappa shape index (κ2) is 8.11. The molecule has 4 rings (SSSR count). The summed E-state index contributed by atoms with van der Waals surface area (Å²) in [5, 5.41) is 18.7. The maximum Gasteiger partial charge on any atom is 0.296 e. The van der Waals surface area contributed by atoms with Crippen molar-refractivity contribution in [2.45, 2.75) is 19.9 Å². The van der Waals surface area contributed by atoms with Crippen LogP contribution in [0.1, 0.15) is 36.0 Å². The lowest BCUT2D eigenvalue weighted by molar-refractivity contribution is -0.117. The number of ketones is 1. The van der Waals surface area contributed by atoms with E-state index in [0.717, 1.165) is 30.1 Å². The van der Waals surface area contributed by atoms with Gasteiger partial charge in [0, 0.05) is 18.8 Å². The summed E-state index contributed by atoms with van der Waals surface area (Å²) < 4.78 is 5.22. The number of hydrogen-bond acceptors (Lipinski definition) is 8. The third-order valence-electron chi connectivity index (χ3n) is 5.09. The SMILES string of the molecule is CCN(CC)c1ccc(C2C(C(=O)c3ccco3)=C(O)C(=O)N2c2nncs2)cc1. The normalized spacial score (nSPS) is 16.4. The Morgan fingerprint density at radius 2 is 1.97 bits per heavy atom. The van der Waals surface area contributed by atoms with Crippen molar-refractivity contribution in [1.29, 1.82) is 0 Å². The molecule has 1 aromatic carbocycles. The molecule has 2 aromatic heterocycles. The molecule has 9 heteroatoms. The first-order valence-electron chi connectivity index (χ1n) is 9.52. The molecule has 1 N–H and O–H groups in total. The molecule has 0 saturated carbocycles. The number of furan rings is 1. The highest BCUT2D eigenvalue weighted by atomic mass is 32.1. The number of Topliss-reactive ketones (excluding diaryl/α,β-unsaturated/α-hetero) is 1. The van der Waals surface area contributed by atoms with Crippen molar-refractivity contribution in [3.05, 3.63) is 70.8 Å². The third-order valence-corrected chi connectivity index (χ3v) is 5.78. The molecule has 0 fully saturated rings. The van der Waals surface area contributed by atoms with Crippen molar-refractivity contribution in [3.8, 4) is 0 Å². The molecular formula is C21H20N4O4S. The standard InChI is InChI=1S/C21H20N4O4S/c1-3-24(4-2)14-9-7-13(8-10-14)17-16(18(26)15-6-5-11-29-15)19(27)20(28)25(17)21-23-22-12-30-21/h5-12,17,27H,3-4H2,1-2H3. The molecule has 0 aliphatic carbocycles. The van der Waals surface area contributed by atoms with Gasteiger partial charge in [0.25, 0.3) is 5.91 Å². The zero-order chi connectivity index (χ0) is 21.3. The number of carbonyl (C=O) groups excluding carboxylic acids is 2. The van der Waals surface area contributed by atoms with E-state index in [2.05, 4.69) is 28.9 Å². The van der Waals surface area contributed by atoms with Gasteiger partial charge >= 0.3 is 0 Å². The van der Waals surface area contributed by atoms with E-state index in [4.69, 9.17) is 4.42 Å². The van der Waals surface area contributed by atoms with Crippen molar-refractivity contribution in [2.24, 2.45) is 0 Å². The highest BCUT2D eigenvalue weighted by Gasteiger charge is 2.46. The first-order chi connectivity index (χ1) is 14.6. The van der Waals surface area contributed by atoms with Crippen LogP contribution in [0.3, 0.4) is 0 Å². The summed E-state index contributed by atoms with van der Waals surface area (Å²) in [7, 11) is 0. The third kappa shape index (κ3) is 3.26. The number of amides is 1. The topological polar surface area (TPSA) is 99.8 Å². The smallest absolute Gasteiger partial charge is 0.296 e. The maximum atomic E-state index is 13.1. The minimum absolute atomic E-state index is 0.0410. The van der Waals surface area contributed by atoms with E-state index >= 15 is 0 Å². The number of hydrogen-bond donors (Lipinski definition) is 1. The lowest BCUT2D eigenvalue weighted by atomic mass is 9.95. The zero-order valence-electron chi connectivity index (χ0n) is 16.5.